The van der Waals surface area contributed by atoms with Gasteiger partial charge in [-0.2, -0.15) is 0 Å². The van der Waals surface area contributed by atoms with E-state index in [0.29, 0.717) is 0 Å². The summed E-state index contributed by atoms with van der Waals surface area (Å²) in [5.41, 5.74) is 13.8. The van der Waals surface area contributed by atoms with E-state index in [9.17, 15) is 0 Å². The number of benzene rings is 9. The van der Waals surface area contributed by atoms with Crippen LogP contribution in [0.2, 0.25) is 0 Å². The van der Waals surface area contributed by atoms with Crippen molar-refractivity contribution in [1.29, 1.82) is 0 Å². The Bertz CT molecular complexity index is 3180. The van der Waals surface area contributed by atoms with Gasteiger partial charge in [0.1, 0.15) is 22.3 Å². The maximum absolute atomic E-state index is 6.38. The molecule has 0 fully saturated rings. The summed E-state index contributed by atoms with van der Waals surface area (Å²) in [5, 5.41) is 6.93. The fourth-order valence-electron chi connectivity index (χ4n) is 8.31. The predicted molar refractivity (Wildman–Crippen MR) is 229 cm³/mol. The van der Waals surface area contributed by atoms with E-state index in [-0.39, 0.29) is 0 Å². The van der Waals surface area contributed by atoms with Gasteiger partial charge in [-0.3, -0.25) is 0 Å². The Morgan fingerprint density at radius 3 is 1.56 bits per heavy atom. The molecular formula is C52H33NO2. The van der Waals surface area contributed by atoms with Gasteiger partial charge in [-0.15, -0.1) is 0 Å². The lowest BCUT2D eigenvalue weighted by molar-refractivity contribution is 0.668. The van der Waals surface area contributed by atoms with Crippen molar-refractivity contribution in [3.05, 3.63) is 200 Å². The van der Waals surface area contributed by atoms with Gasteiger partial charge in [-0.05, 0) is 105 Å². The Labute approximate surface area is 317 Å². The van der Waals surface area contributed by atoms with Crippen molar-refractivity contribution < 1.29 is 8.83 Å². The molecule has 0 aliphatic heterocycles. The first-order chi connectivity index (χ1) is 27.3. The second-order valence-corrected chi connectivity index (χ2v) is 14.1. The molecule has 0 amide bonds. The van der Waals surface area contributed by atoms with E-state index in [1.54, 1.807) is 0 Å². The number of nitrogens with zero attached hydrogens (tertiary/aromatic N) is 1. The van der Waals surface area contributed by atoms with E-state index in [1.807, 2.05) is 24.3 Å². The van der Waals surface area contributed by atoms with Crippen LogP contribution >= 0.6 is 0 Å². The number of hydrogen-bond acceptors (Lipinski definition) is 3. The van der Waals surface area contributed by atoms with Gasteiger partial charge < -0.3 is 13.7 Å². The number of rotatable bonds is 6. The number of fused-ring (bicyclic) bond motifs is 7. The third kappa shape index (κ3) is 5.20. The van der Waals surface area contributed by atoms with Crippen molar-refractivity contribution in [1.82, 2.24) is 0 Å². The lowest BCUT2D eigenvalue weighted by atomic mass is 9.91. The molecule has 0 aliphatic rings. The lowest BCUT2D eigenvalue weighted by Crippen LogP contribution is -2.10. The molecule has 9 aromatic carbocycles. The Morgan fingerprint density at radius 1 is 0.309 bits per heavy atom. The third-order valence-electron chi connectivity index (χ3n) is 10.9. The summed E-state index contributed by atoms with van der Waals surface area (Å²) in [7, 11) is 0. The lowest BCUT2D eigenvalue weighted by Gasteiger charge is -2.27. The third-order valence-corrected chi connectivity index (χ3v) is 10.9. The van der Waals surface area contributed by atoms with Crippen LogP contribution in [0.4, 0.5) is 17.1 Å². The maximum Gasteiger partial charge on any atom is 0.137 e. The van der Waals surface area contributed by atoms with E-state index >= 15 is 0 Å². The topological polar surface area (TPSA) is 29.5 Å². The molecule has 258 valence electrons. The summed E-state index contributed by atoms with van der Waals surface area (Å²) < 4.78 is 12.6. The number of anilines is 3. The smallest absolute Gasteiger partial charge is 0.137 e. The van der Waals surface area contributed by atoms with Gasteiger partial charge in [0, 0.05) is 27.5 Å². The van der Waals surface area contributed by atoms with Crippen LogP contribution in [0.15, 0.2) is 209 Å². The van der Waals surface area contributed by atoms with Crippen LogP contribution in [0, 0.1) is 0 Å². The van der Waals surface area contributed by atoms with Gasteiger partial charge in [0.2, 0.25) is 0 Å². The van der Waals surface area contributed by atoms with Crippen molar-refractivity contribution in [2.24, 2.45) is 0 Å². The minimum Gasteiger partial charge on any atom is -0.456 e. The van der Waals surface area contributed by atoms with Crippen LogP contribution in [-0.2, 0) is 0 Å². The number of para-hydroxylation sites is 2. The number of hydrogen-bond donors (Lipinski definition) is 0. The van der Waals surface area contributed by atoms with E-state index < -0.39 is 0 Å². The van der Waals surface area contributed by atoms with Crippen LogP contribution in [-0.4, -0.2) is 0 Å². The minimum absolute atomic E-state index is 0.861. The van der Waals surface area contributed by atoms with Gasteiger partial charge in [-0.25, -0.2) is 0 Å². The Hall–Kier alpha value is -7.36. The number of furan rings is 2. The molecule has 11 rings (SSSR count). The molecule has 0 unspecified atom stereocenters. The van der Waals surface area contributed by atoms with Gasteiger partial charge in [0.15, 0.2) is 0 Å². The van der Waals surface area contributed by atoms with Crippen molar-refractivity contribution in [3.8, 4) is 33.4 Å². The summed E-state index contributed by atoms with van der Waals surface area (Å²) in [6.07, 6.45) is 0. The minimum atomic E-state index is 0.861. The summed E-state index contributed by atoms with van der Waals surface area (Å²) in [6, 6.07) is 71.0. The molecule has 0 saturated carbocycles. The highest BCUT2D eigenvalue weighted by molar-refractivity contribution is 6.13. The predicted octanol–water partition coefficient (Wildman–Crippen LogP) is 15.1. The summed E-state index contributed by atoms with van der Waals surface area (Å²) in [4.78, 5) is 2.35. The fraction of sp³-hybridized carbons (Fsp3) is 0. The Kier molecular flexibility index (Phi) is 7.17. The fourth-order valence-corrected chi connectivity index (χ4v) is 8.31. The zero-order valence-electron chi connectivity index (χ0n) is 29.8. The average molecular weight is 704 g/mol. The van der Waals surface area contributed by atoms with Crippen LogP contribution in [0.5, 0.6) is 0 Å². The first-order valence-electron chi connectivity index (χ1n) is 18.7. The van der Waals surface area contributed by atoms with Crippen molar-refractivity contribution >= 4 is 71.7 Å². The molecule has 2 heterocycles. The van der Waals surface area contributed by atoms with Crippen LogP contribution in [0.3, 0.4) is 0 Å². The monoisotopic (exact) mass is 703 g/mol. The highest BCUT2D eigenvalue weighted by Gasteiger charge is 2.20. The zero-order chi connectivity index (χ0) is 36.3. The van der Waals surface area contributed by atoms with Gasteiger partial charge >= 0.3 is 0 Å². The van der Waals surface area contributed by atoms with E-state index in [4.69, 9.17) is 8.83 Å². The molecule has 0 bridgehead atoms. The standard InChI is InChI=1S/C52H33NO2/c1-2-11-35(12-3-1)41-17-8-13-37-14-9-18-42(51(37)41)36-25-30-40(31-26-36)53(46-19-10-22-49-52(46)45-16-5-7-21-48(45)54-49)39-28-23-34(24-29-39)38-27-32-44-43-15-4-6-20-47(43)55-50(44)33-38/h1-33H. The van der Waals surface area contributed by atoms with E-state index in [0.717, 1.165) is 72.1 Å². The molecule has 0 saturated heterocycles. The van der Waals surface area contributed by atoms with Crippen molar-refractivity contribution in [2.45, 2.75) is 0 Å². The molecule has 3 heteroatoms. The van der Waals surface area contributed by atoms with Crippen LogP contribution < -0.4 is 4.90 Å². The van der Waals surface area contributed by atoms with Crippen LogP contribution in [0.1, 0.15) is 0 Å². The normalized spacial score (nSPS) is 11.6. The average Bonchev–Trinajstić information content (AvgIpc) is 3.83. The van der Waals surface area contributed by atoms with Gasteiger partial charge in [-0.1, -0.05) is 140 Å². The first-order valence-corrected chi connectivity index (χ1v) is 18.7. The molecule has 3 nitrogen and oxygen atoms in total. The van der Waals surface area contributed by atoms with Crippen molar-refractivity contribution in [2.75, 3.05) is 4.90 Å². The first kappa shape index (κ1) is 31.2. The van der Waals surface area contributed by atoms with Crippen molar-refractivity contribution in [3.63, 3.8) is 0 Å². The Balaban J connectivity index is 1.04. The molecule has 55 heavy (non-hydrogen) atoms. The SMILES string of the molecule is c1ccc(-c2cccc3cccc(-c4ccc(N(c5ccc(-c6ccc7c(c6)oc6ccccc67)cc5)c5cccc6oc7ccccc7c56)cc4)c23)cc1. The molecule has 0 N–H and O–H groups in total. The highest BCUT2D eigenvalue weighted by atomic mass is 16.3. The van der Waals surface area contributed by atoms with Gasteiger partial charge in [0.25, 0.3) is 0 Å². The van der Waals surface area contributed by atoms with Crippen LogP contribution in [0.25, 0.3) is 88.0 Å². The van der Waals surface area contributed by atoms with E-state index in [2.05, 4.69) is 181 Å². The zero-order valence-corrected chi connectivity index (χ0v) is 29.8. The summed E-state index contributed by atoms with van der Waals surface area (Å²) in [6.45, 7) is 0. The van der Waals surface area contributed by atoms with Gasteiger partial charge in [0.05, 0.1) is 11.1 Å². The maximum atomic E-state index is 6.38. The molecule has 0 aliphatic carbocycles. The second kappa shape index (κ2) is 12.6. The largest absolute Gasteiger partial charge is 0.456 e. The highest BCUT2D eigenvalue weighted by Crippen LogP contribution is 2.44. The summed E-state index contributed by atoms with van der Waals surface area (Å²) >= 11 is 0. The quantitative estimate of drug-likeness (QED) is 0.173. The van der Waals surface area contributed by atoms with E-state index in [1.165, 1.54) is 33.0 Å². The Morgan fingerprint density at radius 2 is 0.836 bits per heavy atom. The molecule has 0 spiro atoms. The molecule has 11 aromatic rings. The molecule has 0 atom stereocenters. The molecule has 0 radical (unpaired) electrons. The summed E-state index contributed by atoms with van der Waals surface area (Å²) in [5.74, 6) is 0. The molecular weight excluding hydrogens is 671 g/mol. The molecule has 2 aromatic heterocycles. The second-order valence-electron chi connectivity index (χ2n) is 14.1.